The van der Waals surface area contributed by atoms with E-state index in [0.717, 1.165) is 33.2 Å². The molecule has 0 saturated carbocycles. The summed E-state index contributed by atoms with van der Waals surface area (Å²) in [6, 6.07) is 24.4. The van der Waals surface area contributed by atoms with Crippen molar-refractivity contribution in [2.24, 2.45) is 0 Å². The molecule has 0 aliphatic carbocycles. The highest BCUT2D eigenvalue weighted by Crippen LogP contribution is 2.38. The van der Waals surface area contributed by atoms with Gasteiger partial charge in [-0.25, -0.2) is 4.79 Å². The van der Waals surface area contributed by atoms with Crippen molar-refractivity contribution in [2.45, 2.75) is 52.4 Å². The standard InChI is InChI=1S/C40H43N3O6/c1-25(44)12-13-27-21-28(40(2,3)4)22-36(38(27)48-7)43-39(45)42-35-14-15-37(34-11-9-8-10-33(34)35)49-30-16-17-41-29(23-30)18-26-19-31(46-5)24-32(20-26)47-6/h8-11,14-17,19-24H,12-13,18H2,1-7H3,(H2,42,43,45). The zero-order valence-electron chi connectivity index (χ0n) is 29.1. The SMILES string of the molecule is COc1cc(Cc2cc(Oc3ccc(NC(=O)Nc4cc(C(C)(C)C)cc(CCC(C)=O)c4OC)c4ccccc34)ccn2)cc(OC)c1. The lowest BCUT2D eigenvalue weighted by Gasteiger charge is -2.24. The summed E-state index contributed by atoms with van der Waals surface area (Å²) in [5.74, 6) is 3.32. The second kappa shape index (κ2) is 15.1. The Morgan fingerprint density at radius 1 is 0.755 bits per heavy atom. The maximum atomic E-state index is 13.5. The number of ether oxygens (including phenoxy) is 4. The van der Waals surface area contributed by atoms with E-state index in [1.807, 2.05) is 72.8 Å². The highest BCUT2D eigenvalue weighted by Gasteiger charge is 2.21. The molecule has 0 spiro atoms. The van der Waals surface area contributed by atoms with Crippen molar-refractivity contribution in [3.63, 3.8) is 0 Å². The van der Waals surface area contributed by atoms with Crippen LogP contribution in [0.5, 0.6) is 28.7 Å². The number of nitrogens with one attached hydrogen (secondary N) is 2. The van der Waals surface area contributed by atoms with Crippen molar-refractivity contribution in [3.8, 4) is 28.7 Å². The number of benzene rings is 4. The van der Waals surface area contributed by atoms with E-state index in [-0.39, 0.29) is 11.2 Å². The van der Waals surface area contributed by atoms with Gasteiger partial charge in [-0.15, -0.1) is 0 Å². The summed E-state index contributed by atoms with van der Waals surface area (Å²) in [5, 5.41) is 7.65. The summed E-state index contributed by atoms with van der Waals surface area (Å²) in [7, 11) is 4.82. The van der Waals surface area contributed by atoms with Crippen molar-refractivity contribution >= 4 is 34.0 Å². The zero-order chi connectivity index (χ0) is 35.1. The Morgan fingerprint density at radius 2 is 1.45 bits per heavy atom. The Labute approximate surface area is 287 Å². The fraction of sp³-hybridized carbons (Fsp3) is 0.275. The molecule has 0 aliphatic heterocycles. The molecule has 5 aromatic rings. The third-order valence-corrected chi connectivity index (χ3v) is 8.18. The minimum atomic E-state index is -0.423. The number of carbonyl (C=O) groups excluding carboxylic acids is 2. The molecule has 0 fully saturated rings. The minimum absolute atomic E-state index is 0.0911. The Balaban J connectivity index is 1.38. The van der Waals surface area contributed by atoms with Crippen LogP contribution in [0.2, 0.25) is 0 Å². The molecule has 0 aliphatic rings. The lowest BCUT2D eigenvalue weighted by Crippen LogP contribution is -2.21. The van der Waals surface area contributed by atoms with Gasteiger partial charge in [0.2, 0.25) is 0 Å². The first kappa shape index (κ1) is 34.8. The maximum Gasteiger partial charge on any atom is 0.323 e. The number of Topliss-reactive ketones (excluding diaryl/α,β-unsaturated/α-hetero) is 1. The van der Waals surface area contributed by atoms with Crippen LogP contribution in [0.1, 0.15) is 56.5 Å². The van der Waals surface area contributed by atoms with Crippen molar-refractivity contribution in [3.05, 3.63) is 107 Å². The van der Waals surface area contributed by atoms with Crippen molar-refractivity contribution in [1.29, 1.82) is 0 Å². The number of hydrogen-bond donors (Lipinski definition) is 2. The largest absolute Gasteiger partial charge is 0.497 e. The Kier molecular flexibility index (Phi) is 10.7. The Hall–Kier alpha value is -5.57. The van der Waals surface area contributed by atoms with Crippen LogP contribution in [0.25, 0.3) is 10.8 Å². The predicted molar refractivity (Wildman–Crippen MR) is 194 cm³/mol. The van der Waals surface area contributed by atoms with E-state index in [0.29, 0.717) is 59.4 Å². The van der Waals surface area contributed by atoms with Crippen LogP contribution in [0, 0.1) is 0 Å². The molecule has 2 N–H and O–H groups in total. The highest BCUT2D eigenvalue weighted by atomic mass is 16.5. The van der Waals surface area contributed by atoms with Gasteiger partial charge in [0.25, 0.3) is 0 Å². The summed E-state index contributed by atoms with van der Waals surface area (Å²) in [6.45, 7) is 7.89. The number of urea groups is 1. The second-order valence-electron chi connectivity index (χ2n) is 12.9. The average molecular weight is 662 g/mol. The van der Waals surface area contributed by atoms with Crippen LogP contribution >= 0.6 is 0 Å². The van der Waals surface area contributed by atoms with E-state index >= 15 is 0 Å². The van der Waals surface area contributed by atoms with E-state index < -0.39 is 6.03 Å². The molecule has 2 amide bonds. The molecule has 1 aromatic heterocycles. The number of fused-ring (bicyclic) bond motifs is 1. The normalized spacial score (nSPS) is 11.2. The van der Waals surface area contributed by atoms with Gasteiger partial charge in [-0.1, -0.05) is 51.1 Å². The topological polar surface area (TPSA) is 108 Å². The predicted octanol–water partition coefficient (Wildman–Crippen LogP) is 9.11. The van der Waals surface area contributed by atoms with Gasteiger partial charge in [0.1, 0.15) is 34.5 Å². The monoisotopic (exact) mass is 661 g/mol. The van der Waals surface area contributed by atoms with Gasteiger partial charge in [-0.3, -0.25) is 4.98 Å². The first-order valence-corrected chi connectivity index (χ1v) is 16.1. The summed E-state index contributed by atoms with van der Waals surface area (Å²) in [6.07, 6.45) is 3.18. The molecule has 0 bridgehead atoms. The Morgan fingerprint density at radius 3 is 2.10 bits per heavy atom. The summed E-state index contributed by atoms with van der Waals surface area (Å²) in [4.78, 5) is 29.8. The van der Waals surface area contributed by atoms with Gasteiger partial charge in [0.05, 0.1) is 32.7 Å². The lowest BCUT2D eigenvalue weighted by atomic mass is 9.85. The van der Waals surface area contributed by atoms with Gasteiger partial charge in [-0.2, -0.15) is 0 Å². The molecule has 0 atom stereocenters. The van der Waals surface area contributed by atoms with E-state index in [9.17, 15) is 9.59 Å². The molecule has 254 valence electrons. The van der Waals surface area contributed by atoms with Crippen molar-refractivity contribution in [1.82, 2.24) is 4.98 Å². The quantitative estimate of drug-likeness (QED) is 0.137. The van der Waals surface area contributed by atoms with Crippen molar-refractivity contribution < 1.29 is 28.5 Å². The van der Waals surface area contributed by atoms with Gasteiger partial charge in [-0.05, 0) is 71.8 Å². The van der Waals surface area contributed by atoms with E-state index in [1.165, 1.54) is 0 Å². The van der Waals surface area contributed by atoms with E-state index in [1.54, 1.807) is 34.4 Å². The molecule has 9 heteroatoms. The second-order valence-corrected chi connectivity index (χ2v) is 12.9. The van der Waals surface area contributed by atoms with Crippen LogP contribution in [-0.2, 0) is 23.1 Å². The first-order valence-electron chi connectivity index (χ1n) is 16.1. The van der Waals surface area contributed by atoms with Crippen LogP contribution in [0.4, 0.5) is 16.2 Å². The number of rotatable bonds is 12. The lowest BCUT2D eigenvalue weighted by molar-refractivity contribution is -0.116. The molecular weight excluding hydrogens is 618 g/mol. The molecular formula is C40H43N3O6. The van der Waals surface area contributed by atoms with Crippen LogP contribution in [0.15, 0.2) is 85.1 Å². The number of hydrogen-bond acceptors (Lipinski definition) is 7. The summed E-state index contributed by atoms with van der Waals surface area (Å²) in [5.41, 5.74) is 4.68. The minimum Gasteiger partial charge on any atom is -0.497 e. The first-order chi connectivity index (χ1) is 23.5. The smallest absolute Gasteiger partial charge is 0.323 e. The molecule has 9 nitrogen and oxygen atoms in total. The third kappa shape index (κ3) is 8.67. The summed E-state index contributed by atoms with van der Waals surface area (Å²) >= 11 is 0. The number of ketones is 1. The summed E-state index contributed by atoms with van der Waals surface area (Å²) < 4.78 is 23.0. The average Bonchev–Trinajstić information content (AvgIpc) is 3.07. The van der Waals surface area contributed by atoms with E-state index in [2.05, 4.69) is 42.5 Å². The van der Waals surface area contributed by atoms with Crippen LogP contribution in [-0.4, -0.2) is 38.1 Å². The molecule has 1 heterocycles. The zero-order valence-corrected chi connectivity index (χ0v) is 29.1. The van der Waals surface area contributed by atoms with Gasteiger partial charge < -0.3 is 34.4 Å². The number of pyridine rings is 1. The molecule has 4 aromatic carbocycles. The van der Waals surface area contributed by atoms with Crippen LogP contribution in [0.3, 0.4) is 0 Å². The molecule has 5 rings (SSSR count). The number of methoxy groups -OCH3 is 3. The fourth-order valence-corrected chi connectivity index (χ4v) is 5.62. The number of carbonyl (C=O) groups is 2. The number of aromatic nitrogens is 1. The molecule has 49 heavy (non-hydrogen) atoms. The van der Waals surface area contributed by atoms with Gasteiger partial charge in [0.15, 0.2) is 0 Å². The number of anilines is 2. The fourth-order valence-electron chi connectivity index (χ4n) is 5.62. The Bertz CT molecular complexity index is 1960. The molecule has 0 radical (unpaired) electrons. The number of aryl methyl sites for hydroxylation is 1. The maximum absolute atomic E-state index is 13.5. The number of amides is 2. The molecule has 0 unspecified atom stereocenters. The van der Waals surface area contributed by atoms with E-state index in [4.69, 9.17) is 18.9 Å². The highest BCUT2D eigenvalue weighted by molar-refractivity contribution is 6.08. The molecule has 0 saturated heterocycles. The van der Waals surface area contributed by atoms with Gasteiger partial charge in [0, 0.05) is 47.6 Å². The van der Waals surface area contributed by atoms with Gasteiger partial charge >= 0.3 is 6.03 Å². The number of nitrogens with zero attached hydrogens (tertiary/aromatic N) is 1. The van der Waals surface area contributed by atoms with Crippen LogP contribution < -0.4 is 29.6 Å². The third-order valence-electron chi connectivity index (χ3n) is 8.18. The van der Waals surface area contributed by atoms with Crippen molar-refractivity contribution in [2.75, 3.05) is 32.0 Å².